The first kappa shape index (κ1) is 8.99. The van der Waals surface area contributed by atoms with Gasteiger partial charge in [0.15, 0.2) is 24.8 Å². The summed E-state index contributed by atoms with van der Waals surface area (Å²) in [6.07, 6.45) is 0. The van der Waals surface area contributed by atoms with E-state index < -0.39 is 7.49 Å². The molecule has 3 rings (SSSR count). The van der Waals surface area contributed by atoms with Crippen LogP contribution in [0.4, 0.5) is 0 Å². The molecule has 4 heteroatoms. The molecule has 3 saturated heterocycles. The fourth-order valence-corrected chi connectivity index (χ4v) is 7.86. The number of hydrogen-bond acceptors (Lipinski definition) is 2. The van der Waals surface area contributed by atoms with E-state index in [1.54, 1.807) is 0 Å². The summed E-state index contributed by atoms with van der Waals surface area (Å²) in [4.78, 5) is 2.57. The lowest BCUT2D eigenvalue weighted by Gasteiger charge is -2.69. The summed E-state index contributed by atoms with van der Waals surface area (Å²) in [6, 6.07) is 0. The number of nitrogens with zero attached hydrogens (tertiary/aromatic N) is 1. The van der Waals surface area contributed by atoms with Crippen LogP contribution >= 0.6 is 7.49 Å². The zero-order valence-corrected chi connectivity index (χ0v) is 9.51. The van der Waals surface area contributed by atoms with Crippen molar-refractivity contribution in [2.24, 2.45) is 0 Å². The topological polar surface area (TPSA) is 12.5 Å². The molecule has 3 atom stereocenters. The van der Waals surface area contributed by atoms with E-state index in [1.165, 1.54) is 0 Å². The van der Waals surface area contributed by atoms with Gasteiger partial charge in [0, 0.05) is 0 Å². The van der Waals surface area contributed by atoms with Gasteiger partial charge >= 0.3 is 6.92 Å². The Morgan fingerprint density at radius 3 is 1.67 bits per heavy atom. The second-order valence-corrected chi connectivity index (χ2v) is 8.24. The minimum Gasteiger partial charge on any atom is -0.296 e. The largest absolute Gasteiger partial charge is 0.347 e. The Bertz CT molecular complexity index is 185. The van der Waals surface area contributed by atoms with E-state index in [4.69, 9.17) is 4.44 Å². The second-order valence-electron chi connectivity index (χ2n) is 4.26. The van der Waals surface area contributed by atoms with Crippen LogP contribution in [0.1, 0.15) is 20.8 Å². The lowest BCUT2D eigenvalue weighted by atomic mass is 9.76. The first-order valence-corrected chi connectivity index (χ1v) is 6.77. The molecule has 0 aromatic rings. The van der Waals surface area contributed by atoms with Crippen molar-refractivity contribution < 1.29 is 4.44 Å². The first-order chi connectivity index (χ1) is 5.51. The average Bonchev–Trinajstić information content (AvgIpc) is 2.03. The predicted octanol–water partition coefficient (Wildman–Crippen LogP) is 2.55. The minimum absolute atomic E-state index is 0.410. The van der Waals surface area contributed by atoms with Crippen LogP contribution in [0.2, 0.25) is 13.6 Å². The third-order valence-corrected chi connectivity index (χ3v) is 8.53. The molecule has 3 fully saturated rings. The van der Waals surface area contributed by atoms with E-state index in [0.717, 1.165) is 17.3 Å². The van der Waals surface area contributed by atoms with Gasteiger partial charge in [-0.25, -0.2) is 0 Å². The molecule has 2 nitrogen and oxygen atoms in total. The summed E-state index contributed by atoms with van der Waals surface area (Å²) in [5.41, 5.74) is 0. The minimum atomic E-state index is -1.00. The van der Waals surface area contributed by atoms with Crippen molar-refractivity contribution in [3.8, 4) is 0 Å². The van der Waals surface area contributed by atoms with Crippen LogP contribution in [0.25, 0.3) is 0 Å². The maximum atomic E-state index is 6.15. The molecule has 0 aromatic heterocycles. The summed E-state index contributed by atoms with van der Waals surface area (Å²) in [5, 5.41) is 0. The van der Waals surface area contributed by atoms with Crippen molar-refractivity contribution in [2.75, 3.05) is 0 Å². The van der Waals surface area contributed by atoms with Gasteiger partial charge in [0.05, 0.1) is 0 Å². The zero-order chi connectivity index (χ0) is 9.09. The van der Waals surface area contributed by atoms with E-state index in [0.29, 0.717) is 6.92 Å². The van der Waals surface area contributed by atoms with Crippen molar-refractivity contribution in [3.05, 3.63) is 0 Å². The maximum absolute atomic E-state index is 6.15. The first-order valence-electron chi connectivity index (χ1n) is 4.85. The monoisotopic (exact) mass is 186 g/mol. The van der Waals surface area contributed by atoms with Crippen molar-refractivity contribution in [1.82, 2.24) is 4.90 Å². The molecule has 12 heavy (non-hydrogen) atoms. The lowest BCUT2D eigenvalue weighted by Crippen LogP contribution is -2.74. The summed E-state index contributed by atoms with van der Waals surface area (Å²) in [6.45, 7) is 11.7. The third kappa shape index (κ3) is 0.736. The molecule has 0 radical (unpaired) electrons. The normalized spacial score (nSPS) is 55.8. The Hall–Kier alpha value is 0.415. The molecule has 0 spiro atoms. The molecule has 3 heterocycles. The summed E-state index contributed by atoms with van der Waals surface area (Å²) < 4.78 is 6.15. The summed E-state index contributed by atoms with van der Waals surface area (Å²) >= 11 is 0. The van der Waals surface area contributed by atoms with Crippen LogP contribution in [0.5, 0.6) is 0 Å². The van der Waals surface area contributed by atoms with Crippen molar-refractivity contribution in [2.45, 2.75) is 51.8 Å². The smallest absolute Gasteiger partial charge is 0.296 e. The fourth-order valence-electron chi connectivity index (χ4n) is 2.92. The highest BCUT2D eigenvalue weighted by atomic mass is 31.2. The highest BCUT2D eigenvalue weighted by Crippen LogP contribution is 2.91. The molecule has 68 valence electrons. The molecular weight excluding hydrogens is 168 g/mol. The Morgan fingerprint density at radius 1 is 1.08 bits per heavy atom. The summed E-state index contributed by atoms with van der Waals surface area (Å²) in [5.74, 6) is 2.26. The fraction of sp³-hybridized carbons (Fsp3) is 1.00. The van der Waals surface area contributed by atoms with Crippen molar-refractivity contribution >= 4 is 14.4 Å². The molecule has 3 aliphatic rings. The highest BCUT2D eigenvalue weighted by molar-refractivity contribution is 7.78. The van der Waals surface area contributed by atoms with E-state index in [2.05, 4.69) is 39.3 Å². The molecule has 0 amide bonds. The van der Waals surface area contributed by atoms with Gasteiger partial charge < -0.3 is 0 Å². The molecule has 3 aliphatic heterocycles. The van der Waals surface area contributed by atoms with Crippen LogP contribution in [0.3, 0.4) is 0 Å². The van der Waals surface area contributed by atoms with Gasteiger partial charge in [-0.05, 0) is 20.8 Å². The Labute approximate surface area is 76.2 Å². The molecule has 2 bridgehead atoms. The number of hydrogen-bond donors (Lipinski definition) is 0. The van der Waals surface area contributed by atoms with Gasteiger partial charge in [-0.15, -0.1) is 0 Å². The van der Waals surface area contributed by atoms with Crippen LogP contribution in [-0.4, -0.2) is 29.2 Å². The van der Waals surface area contributed by atoms with E-state index in [-0.39, 0.29) is 0 Å². The van der Waals surface area contributed by atoms with Crippen molar-refractivity contribution in [1.29, 1.82) is 0 Å². The van der Waals surface area contributed by atoms with Gasteiger partial charge in [-0.3, -0.25) is 4.44 Å². The Balaban J connectivity index is 2.09. The van der Waals surface area contributed by atoms with Crippen LogP contribution < -0.4 is 0 Å². The molecule has 3 unspecified atom stereocenters. The predicted molar refractivity (Wildman–Crippen MR) is 55.7 cm³/mol. The molecule has 0 N–H and O–H groups in total. The molecular formula is C8H18BNOP+. The van der Waals surface area contributed by atoms with Crippen LogP contribution in [0, 0.1) is 0 Å². The lowest BCUT2D eigenvalue weighted by molar-refractivity contribution is 0.0798. The highest BCUT2D eigenvalue weighted by Gasteiger charge is 2.83. The van der Waals surface area contributed by atoms with Crippen LogP contribution in [-0.2, 0) is 4.44 Å². The SMILES string of the molecule is CB(C)O[P+]12C(C)N(C1C)C2C. The van der Waals surface area contributed by atoms with E-state index in [9.17, 15) is 0 Å². The van der Waals surface area contributed by atoms with Crippen LogP contribution in [0.15, 0.2) is 0 Å². The Morgan fingerprint density at radius 2 is 1.50 bits per heavy atom. The quantitative estimate of drug-likeness (QED) is 0.485. The molecule has 0 aliphatic carbocycles. The van der Waals surface area contributed by atoms with E-state index >= 15 is 0 Å². The second kappa shape index (κ2) is 2.46. The molecule has 0 aromatic carbocycles. The van der Waals surface area contributed by atoms with Crippen molar-refractivity contribution in [3.63, 3.8) is 0 Å². The average molecular weight is 186 g/mol. The number of rotatable bonds is 2. The van der Waals surface area contributed by atoms with Gasteiger partial charge in [0.2, 0.25) is 0 Å². The molecule has 0 saturated carbocycles. The third-order valence-electron chi connectivity index (χ3n) is 3.44. The maximum Gasteiger partial charge on any atom is 0.347 e. The Kier molecular flexibility index (Phi) is 1.85. The van der Waals surface area contributed by atoms with Gasteiger partial charge in [0.25, 0.3) is 0 Å². The van der Waals surface area contributed by atoms with E-state index in [1.807, 2.05) is 0 Å². The zero-order valence-electron chi connectivity index (χ0n) is 8.61. The van der Waals surface area contributed by atoms with Gasteiger partial charge in [-0.1, -0.05) is 13.6 Å². The summed E-state index contributed by atoms with van der Waals surface area (Å²) in [7, 11) is -1.00. The standard InChI is InChI=1S/C8H18BNOP/c1-6-10-7(2)12(6,8(10)3)11-9(4)5/h6-8H,1-5H3/q+1. The van der Waals surface area contributed by atoms with Gasteiger partial charge in [0.1, 0.15) is 0 Å². The van der Waals surface area contributed by atoms with Gasteiger partial charge in [-0.2, -0.15) is 4.90 Å².